The Bertz CT molecular complexity index is 598. The van der Waals surface area contributed by atoms with Crippen LogP contribution < -0.4 is 4.90 Å². The van der Waals surface area contributed by atoms with Gasteiger partial charge in [-0.05, 0) is 29.7 Å². The Morgan fingerprint density at radius 2 is 1.50 bits per heavy atom. The van der Waals surface area contributed by atoms with Gasteiger partial charge in [0, 0.05) is 22.8 Å². The summed E-state index contributed by atoms with van der Waals surface area (Å²) >= 11 is 0. The molecule has 104 valence electrons. The Hall–Kier alpha value is -1.76. The second-order valence-corrected chi connectivity index (χ2v) is 6.63. The molecule has 20 heavy (non-hydrogen) atoms. The first-order valence-electron chi connectivity index (χ1n) is 7.47. The SMILES string of the molecule is CC(C)C1N(c2ccccc2)c2ccccc2C1(C)C. The molecule has 0 aliphatic carbocycles. The van der Waals surface area contributed by atoms with Gasteiger partial charge in [0.05, 0.1) is 0 Å². The van der Waals surface area contributed by atoms with Crippen molar-refractivity contribution in [1.82, 2.24) is 0 Å². The summed E-state index contributed by atoms with van der Waals surface area (Å²) in [4.78, 5) is 2.53. The highest BCUT2D eigenvalue weighted by Gasteiger charge is 2.46. The molecule has 0 saturated heterocycles. The first kappa shape index (κ1) is 13.2. The quantitative estimate of drug-likeness (QED) is 0.726. The first-order valence-corrected chi connectivity index (χ1v) is 7.47. The van der Waals surface area contributed by atoms with E-state index in [0.29, 0.717) is 12.0 Å². The number of hydrogen-bond acceptors (Lipinski definition) is 1. The van der Waals surface area contributed by atoms with Crippen LogP contribution in [0.3, 0.4) is 0 Å². The topological polar surface area (TPSA) is 3.24 Å². The zero-order valence-electron chi connectivity index (χ0n) is 12.8. The number of para-hydroxylation sites is 2. The molecular weight excluding hydrogens is 242 g/mol. The zero-order valence-corrected chi connectivity index (χ0v) is 12.8. The highest BCUT2D eigenvalue weighted by Crippen LogP contribution is 2.50. The molecule has 3 rings (SSSR count). The number of rotatable bonds is 2. The van der Waals surface area contributed by atoms with Crippen molar-refractivity contribution in [2.45, 2.75) is 39.2 Å². The summed E-state index contributed by atoms with van der Waals surface area (Å²) in [5.74, 6) is 0.595. The average molecular weight is 265 g/mol. The van der Waals surface area contributed by atoms with Gasteiger partial charge in [0.2, 0.25) is 0 Å². The minimum atomic E-state index is 0.167. The summed E-state index contributed by atoms with van der Waals surface area (Å²) in [5, 5.41) is 0. The smallest absolute Gasteiger partial charge is 0.0457 e. The molecule has 0 bridgehead atoms. The summed E-state index contributed by atoms with van der Waals surface area (Å²) < 4.78 is 0. The lowest BCUT2D eigenvalue weighted by molar-refractivity contribution is 0.350. The van der Waals surface area contributed by atoms with Gasteiger partial charge in [0.15, 0.2) is 0 Å². The van der Waals surface area contributed by atoms with Crippen LogP contribution in [-0.4, -0.2) is 6.04 Å². The Labute approximate surface area is 122 Å². The molecule has 1 heteroatoms. The molecule has 0 radical (unpaired) electrons. The number of nitrogens with zero attached hydrogens (tertiary/aromatic N) is 1. The van der Waals surface area contributed by atoms with E-state index in [2.05, 4.69) is 87.2 Å². The number of fused-ring (bicyclic) bond motifs is 1. The van der Waals surface area contributed by atoms with E-state index in [1.54, 1.807) is 0 Å². The van der Waals surface area contributed by atoms with E-state index in [4.69, 9.17) is 0 Å². The molecule has 1 aliphatic heterocycles. The molecular formula is C19H23N. The van der Waals surface area contributed by atoms with Gasteiger partial charge in [0.25, 0.3) is 0 Å². The van der Waals surface area contributed by atoms with Gasteiger partial charge < -0.3 is 4.90 Å². The molecule has 1 unspecified atom stereocenters. The van der Waals surface area contributed by atoms with Crippen molar-refractivity contribution in [3.05, 3.63) is 60.2 Å². The van der Waals surface area contributed by atoms with Crippen LogP contribution in [0.15, 0.2) is 54.6 Å². The third-order valence-corrected chi connectivity index (χ3v) is 4.54. The molecule has 1 heterocycles. The molecule has 0 fully saturated rings. The fraction of sp³-hybridized carbons (Fsp3) is 0.368. The van der Waals surface area contributed by atoms with Gasteiger partial charge in [-0.25, -0.2) is 0 Å². The van der Waals surface area contributed by atoms with Crippen LogP contribution in [-0.2, 0) is 5.41 Å². The van der Waals surface area contributed by atoms with Crippen molar-refractivity contribution in [3.8, 4) is 0 Å². The maximum atomic E-state index is 2.53. The van der Waals surface area contributed by atoms with Crippen molar-refractivity contribution in [1.29, 1.82) is 0 Å². The third-order valence-electron chi connectivity index (χ3n) is 4.54. The summed E-state index contributed by atoms with van der Waals surface area (Å²) in [6.45, 7) is 9.40. The lowest BCUT2D eigenvalue weighted by atomic mass is 9.76. The standard InChI is InChI=1S/C19H23N/c1-14(2)18-19(3,4)16-12-8-9-13-17(16)20(18)15-10-6-5-7-11-15/h5-14,18H,1-4H3. The van der Waals surface area contributed by atoms with Crippen LogP contribution in [0.5, 0.6) is 0 Å². The molecule has 0 spiro atoms. The van der Waals surface area contributed by atoms with Crippen molar-refractivity contribution >= 4 is 11.4 Å². The van der Waals surface area contributed by atoms with Gasteiger partial charge >= 0.3 is 0 Å². The van der Waals surface area contributed by atoms with E-state index < -0.39 is 0 Å². The highest BCUT2D eigenvalue weighted by molar-refractivity contribution is 5.74. The Morgan fingerprint density at radius 3 is 2.15 bits per heavy atom. The Kier molecular flexibility index (Phi) is 3.08. The minimum Gasteiger partial charge on any atom is -0.337 e. The Balaban J connectivity index is 2.21. The van der Waals surface area contributed by atoms with Crippen LogP contribution in [0.2, 0.25) is 0 Å². The van der Waals surface area contributed by atoms with Crippen LogP contribution in [0, 0.1) is 5.92 Å². The van der Waals surface area contributed by atoms with Crippen LogP contribution in [0.1, 0.15) is 33.3 Å². The van der Waals surface area contributed by atoms with E-state index in [-0.39, 0.29) is 5.41 Å². The second kappa shape index (κ2) is 4.66. The molecule has 0 amide bonds. The van der Waals surface area contributed by atoms with Gasteiger partial charge in [-0.1, -0.05) is 64.1 Å². The third kappa shape index (κ3) is 1.84. The highest BCUT2D eigenvalue weighted by atomic mass is 15.2. The summed E-state index contributed by atoms with van der Waals surface area (Å²) in [6, 6.07) is 20.1. The van der Waals surface area contributed by atoms with Crippen molar-refractivity contribution in [2.75, 3.05) is 4.90 Å². The zero-order chi connectivity index (χ0) is 14.3. The molecule has 0 aromatic heterocycles. The number of anilines is 2. The van der Waals surface area contributed by atoms with Gasteiger partial charge in [-0.2, -0.15) is 0 Å². The van der Waals surface area contributed by atoms with Gasteiger partial charge in [-0.15, -0.1) is 0 Å². The fourth-order valence-electron chi connectivity index (χ4n) is 3.88. The summed E-state index contributed by atoms with van der Waals surface area (Å²) in [7, 11) is 0. The van der Waals surface area contributed by atoms with Crippen LogP contribution in [0.25, 0.3) is 0 Å². The van der Waals surface area contributed by atoms with E-state index >= 15 is 0 Å². The van der Waals surface area contributed by atoms with Gasteiger partial charge in [-0.3, -0.25) is 0 Å². The second-order valence-electron chi connectivity index (χ2n) is 6.63. The molecule has 0 N–H and O–H groups in total. The number of benzene rings is 2. The van der Waals surface area contributed by atoms with Gasteiger partial charge in [0.1, 0.15) is 0 Å². The predicted molar refractivity (Wildman–Crippen MR) is 86.7 cm³/mol. The monoisotopic (exact) mass is 265 g/mol. The van der Waals surface area contributed by atoms with E-state index in [0.717, 1.165) is 0 Å². The first-order chi connectivity index (χ1) is 9.53. The van der Waals surface area contributed by atoms with E-state index in [1.165, 1.54) is 16.9 Å². The molecule has 1 nitrogen and oxygen atoms in total. The lowest BCUT2D eigenvalue weighted by Crippen LogP contribution is -2.42. The van der Waals surface area contributed by atoms with E-state index in [1.807, 2.05) is 0 Å². The maximum Gasteiger partial charge on any atom is 0.0457 e. The average Bonchev–Trinajstić information content (AvgIpc) is 2.68. The molecule has 2 aromatic rings. The minimum absolute atomic E-state index is 0.167. The fourth-order valence-corrected chi connectivity index (χ4v) is 3.88. The normalized spacial score (nSPS) is 20.2. The molecule has 2 aromatic carbocycles. The predicted octanol–water partition coefficient (Wildman–Crippen LogP) is 5.14. The molecule has 1 aliphatic rings. The molecule has 0 saturated carbocycles. The Morgan fingerprint density at radius 1 is 0.900 bits per heavy atom. The summed E-state index contributed by atoms with van der Waals surface area (Å²) in [5.41, 5.74) is 4.29. The van der Waals surface area contributed by atoms with Crippen molar-refractivity contribution < 1.29 is 0 Å². The maximum absolute atomic E-state index is 2.53. The van der Waals surface area contributed by atoms with Crippen molar-refractivity contribution in [2.24, 2.45) is 5.92 Å². The van der Waals surface area contributed by atoms with Crippen molar-refractivity contribution in [3.63, 3.8) is 0 Å². The number of hydrogen-bond donors (Lipinski definition) is 0. The van der Waals surface area contributed by atoms with Crippen LogP contribution in [0.4, 0.5) is 11.4 Å². The van der Waals surface area contributed by atoms with Crippen LogP contribution >= 0.6 is 0 Å². The largest absolute Gasteiger partial charge is 0.337 e. The van der Waals surface area contributed by atoms with E-state index in [9.17, 15) is 0 Å². The lowest BCUT2D eigenvalue weighted by Gasteiger charge is -2.37. The molecule has 1 atom stereocenters. The summed E-state index contributed by atoms with van der Waals surface area (Å²) in [6.07, 6.45) is 0.